The van der Waals surface area contributed by atoms with E-state index in [1.54, 1.807) is 4.90 Å². The van der Waals surface area contributed by atoms with Gasteiger partial charge in [-0.05, 0) is 75.4 Å². The fraction of sp³-hybridized carbons (Fsp3) is 0.714. The Morgan fingerprint density at radius 1 is 1.24 bits per heavy atom. The van der Waals surface area contributed by atoms with E-state index >= 15 is 4.39 Å². The fourth-order valence-corrected chi connectivity index (χ4v) is 8.17. The number of aliphatic hydroxyl groups is 1. The molecular weight excluding hydrogens is 638 g/mol. The maximum atomic E-state index is 15.5. The van der Waals surface area contributed by atoms with Gasteiger partial charge in [0.2, 0.25) is 0 Å². The van der Waals surface area contributed by atoms with E-state index < -0.39 is 29.2 Å². The zero-order valence-electron chi connectivity index (χ0n) is 24.0. The summed E-state index contributed by atoms with van der Waals surface area (Å²) in [6, 6.07) is -0.818. The summed E-state index contributed by atoms with van der Waals surface area (Å²) in [5.74, 6) is -0.428. The molecule has 2 bridgehead atoms. The third-order valence-electron chi connectivity index (χ3n) is 8.99. The van der Waals surface area contributed by atoms with Gasteiger partial charge in [0.15, 0.2) is 11.0 Å². The minimum Gasteiger partial charge on any atom is -0.461 e. The van der Waals surface area contributed by atoms with E-state index in [1.165, 1.54) is 0 Å². The van der Waals surface area contributed by atoms with Crippen LogP contribution in [-0.2, 0) is 4.74 Å². The first-order chi connectivity index (χ1) is 19.9. The van der Waals surface area contributed by atoms with Crippen LogP contribution in [0.5, 0.6) is 6.01 Å². The van der Waals surface area contributed by atoms with Crippen molar-refractivity contribution in [3.8, 4) is 6.01 Å². The number of amides is 1. The number of hydrogen-bond donors (Lipinski definition) is 1. The summed E-state index contributed by atoms with van der Waals surface area (Å²) in [6.07, 6.45) is 2.63. The third-order valence-corrected chi connectivity index (χ3v) is 9.82. The van der Waals surface area contributed by atoms with E-state index in [1.807, 2.05) is 25.7 Å². The van der Waals surface area contributed by atoms with Crippen LogP contribution in [0.3, 0.4) is 0 Å². The van der Waals surface area contributed by atoms with Crippen molar-refractivity contribution in [1.29, 1.82) is 0 Å². The van der Waals surface area contributed by atoms with Gasteiger partial charge in [-0.15, -0.1) is 0 Å². The molecule has 0 aromatic carbocycles. The Kier molecular flexibility index (Phi) is 7.93. The van der Waals surface area contributed by atoms with Gasteiger partial charge in [0, 0.05) is 26.1 Å². The molecular formula is C28H36BrClF2N6O4. The molecule has 4 saturated heterocycles. The van der Waals surface area contributed by atoms with Crippen molar-refractivity contribution in [2.24, 2.45) is 0 Å². The number of hydrogen-bond acceptors (Lipinski definition) is 9. The number of halogens is 4. The minimum atomic E-state index is -0.920. The van der Waals surface area contributed by atoms with Gasteiger partial charge in [-0.1, -0.05) is 11.6 Å². The van der Waals surface area contributed by atoms with E-state index in [2.05, 4.69) is 30.8 Å². The lowest BCUT2D eigenvalue weighted by Crippen LogP contribution is -2.62. The molecule has 2 aromatic rings. The highest BCUT2D eigenvalue weighted by Gasteiger charge is 2.51. The number of alkyl halides is 1. The average molecular weight is 674 g/mol. The third kappa shape index (κ3) is 5.28. The van der Waals surface area contributed by atoms with Crippen LogP contribution in [0.4, 0.5) is 19.4 Å². The summed E-state index contributed by atoms with van der Waals surface area (Å²) in [5, 5.41) is 10.1. The molecule has 10 nitrogen and oxygen atoms in total. The Morgan fingerprint density at radius 2 is 2.02 bits per heavy atom. The number of aliphatic hydroxyl groups excluding tert-OH is 1. The Hall–Kier alpha value is -2.09. The number of carbonyl (C=O) groups is 1. The van der Waals surface area contributed by atoms with Crippen molar-refractivity contribution in [2.75, 3.05) is 37.7 Å². The Bertz CT molecular complexity index is 1380. The Balaban J connectivity index is 1.39. The molecule has 5 atom stereocenters. The minimum absolute atomic E-state index is 0.0428. The molecule has 4 fully saturated rings. The van der Waals surface area contributed by atoms with E-state index in [0.717, 1.165) is 32.2 Å². The fourth-order valence-electron chi connectivity index (χ4n) is 7.35. The monoisotopic (exact) mass is 672 g/mol. The van der Waals surface area contributed by atoms with Gasteiger partial charge in [-0.2, -0.15) is 9.97 Å². The number of nitrogens with zero attached hydrogens (tertiary/aromatic N) is 6. The van der Waals surface area contributed by atoms with Gasteiger partial charge in [-0.3, -0.25) is 9.80 Å². The summed E-state index contributed by atoms with van der Waals surface area (Å²) in [7, 11) is 0. The van der Waals surface area contributed by atoms with Gasteiger partial charge in [0.25, 0.3) is 0 Å². The largest absolute Gasteiger partial charge is 0.461 e. The molecule has 0 saturated carbocycles. The topological polar surface area (TPSA) is 104 Å². The van der Waals surface area contributed by atoms with Gasteiger partial charge in [0.05, 0.1) is 29.1 Å². The van der Waals surface area contributed by atoms with Crippen molar-refractivity contribution in [2.45, 2.75) is 94.7 Å². The lowest BCUT2D eigenvalue weighted by molar-refractivity contribution is 0.00630. The van der Waals surface area contributed by atoms with E-state index in [4.69, 9.17) is 26.1 Å². The first kappa shape index (κ1) is 30.0. The van der Waals surface area contributed by atoms with Crippen molar-refractivity contribution in [3.05, 3.63) is 15.6 Å². The Morgan fingerprint density at radius 3 is 2.76 bits per heavy atom. The predicted molar refractivity (Wildman–Crippen MR) is 156 cm³/mol. The van der Waals surface area contributed by atoms with Crippen LogP contribution in [-0.4, -0.2) is 104 Å². The van der Waals surface area contributed by atoms with Crippen LogP contribution in [0.2, 0.25) is 5.15 Å². The van der Waals surface area contributed by atoms with Gasteiger partial charge in [-0.25, -0.2) is 18.6 Å². The number of fused-ring (bicyclic) bond motifs is 4. The first-order valence-electron chi connectivity index (χ1n) is 14.5. The molecule has 2 aromatic heterocycles. The summed E-state index contributed by atoms with van der Waals surface area (Å²) in [6.45, 7) is 7.11. The molecule has 1 amide bonds. The molecule has 0 unspecified atom stereocenters. The SMILES string of the molecule is CC(C)(C)OC(=O)N1[C@@H]2CC[C@H]1[C@H](CCO)N(c1nc(OC[C@@]34CCCN3C[C@H](F)C4)nc3c(F)c(Cl)nc(Br)c13)C2. The number of carbonyl (C=O) groups excluding carboxylic acids is 1. The van der Waals surface area contributed by atoms with Crippen LogP contribution in [0, 0.1) is 5.82 Å². The molecule has 230 valence electrons. The molecule has 0 spiro atoms. The smallest absolute Gasteiger partial charge is 0.410 e. The average Bonchev–Trinajstić information content (AvgIpc) is 3.55. The number of anilines is 1. The molecule has 4 aliphatic heterocycles. The second-order valence-electron chi connectivity index (χ2n) is 12.8. The molecule has 14 heteroatoms. The number of piperazine rings is 1. The number of rotatable bonds is 6. The van der Waals surface area contributed by atoms with Gasteiger partial charge < -0.3 is 19.5 Å². The zero-order chi connectivity index (χ0) is 30.0. The molecule has 1 N–H and O–H groups in total. The van der Waals surface area contributed by atoms with Crippen LogP contribution >= 0.6 is 27.5 Å². The maximum Gasteiger partial charge on any atom is 0.410 e. The lowest BCUT2D eigenvalue weighted by atomic mass is 9.95. The van der Waals surface area contributed by atoms with E-state index in [9.17, 15) is 14.3 Å². The summed E-state index contributed by atoms with van der Waals surface area (Å²) in [5.41, 5.74) is -1.15. The first-order valence-corrected chi connectivity index (χ1v) is 15.7. The van der Waals surface area contributed by atoms with Crippen LogP contribution in [0.15, 0.2) is 4.60 Å². The summed E-state index contributed by atoms with van der Waals surface area (Å²) < 4.78 is 42.0. The second kappa shape index (κ2) is 11.1. The standard InChI is InChI=1S/C28H36BrClF2N6O4/c1-27(2,3)42-26(40)38-16-5-6-18(38)17(7-10-39)37(13-16)24-19-21(20(32)23(30)34-22(19)29)33-25(35-24)41-14-28-8-4-9-36(28)12-15(31)11-28/h15-18,39H,4-14H2,1-3H3/t15-,16-,17+,18+,28+/m1/s1. The predicted octanol–water partition coefficient (Wildman–Crippen LogP) is 4.87. The van der Waals surface area contributed by atoms with Crippen molar-refractivity contribution < 1.29 is 28.2 Å². The highest BCUT2D eigenvalue weighted by atomic mass is 79.9. The molecule has 0 radical (unpaired) electrons. The Labute approximate surface area is 256 Å². The van der Waals surface area contributed by atoms with Gasteiger partial charge >= 0.3 is 12.1 Å². The zero-order valence-corrected chi connectivity index (χ0v) is 26.3. The van der Waals surface area contributed by atoms with Crippen molar-refractivity contribution in [3.63, 3.8) is 0 Å². The van der Waals surface area contributed by atoms with E-state index in [0.29, 0.717) is 37.1 Å². The molecule has 42 heavy (non-hydrogen) atoms. The molecule has 6 heterocycles. The maximum absolute atomic E-state index is 15.5. The van der Waals surface area contributed by atoms with Crippen LogP contribution in [0.25, 0.3) is 10.9 Å². The number of aromatic nitrogens is 3. The summed E-state index contributed by atoms with van der Waals surface area (Å²) >= 11 is 9.56. The summed E-state index contributed by atoms with van der Waals surface area (Å²) in [4.78, 5) is 32.5. The number of ether oxygens (including phenoxy) is 2. The lowest BCUT2D eigenvalue weighted by Gasteiger charge is -2.47. The van der Waals surface area contributed by atoms with Crippen molar-refractivity contribution >= 4 is 50.3 Å². The molecule has 0 aliphatic carbocycles. The van der Waals surface area contributed by atoms with Crippen molar-refractivity contribution in [1.82, 2.24) is 24.8 Å². The number of pyridine rings is 1. The normalized spacial score (nSPS) is 29.4. The highest BCUT2D eigenvalue weighted by Crippen LogP contribution is 2.44. The van der Waals surface area contributed by atoms with E-state index in [-0.39, 0.29) is 52.6 Å². The highest BCUT2D eigenvalue weighted by molar-refractivity contribution is 9.10. The van der Waals surface area contributed by atoms with Gasteiger partial charge in [0.1, 0.15) is 34.3 Å². The quantitative estimate of drug-likeness (QED) is 0.430. The second-order valence-corrected chi connectivity index (χ2v) is 14.0. The molecule has 4 aliphatic rings. The van der Waals surface area contributed by atoms with Crippen LogP contribution in [0.1, 0.15) is 59.3 Å². The molecule has 6 rings (SSSR count). The van der Waals surface area contributed by atoms with Crippen LogP contribution < -0.4 is 9.64 Å².